The fraction of sp³-hybridized carbons (Fsp3) is 0.812. The van der Waals surface area contributed by atoms with E-state index in [1.54, 1.807) is 0 Å². The van der Waals surface area contributed by atoms with Gasteiger partial charge in [0.05, 0.1) is 25.0 Å². The Morgan fingerprint density at radius 3 is 2.39 bits per heavy atom. The zero-order valence-electron chi connectivity index (χ0n) is 13.8. The molecule has 7 heteroatoms. The molecule has 1 aliphatic carbocycles. The highest BCUT2D eigenvalue weighted by molar-refractivity contribution is 5.78. The monoisotopic (exact) mass is 330 g/mol. The zero-order valence-corrected chi connectivity index (χ0v) is 13.8. The van der Waals surface area contributed by atoms with Gasteiger partial charge in [-0.25, -0.2) is 0 Å². The molecule has 0 bridgehead atoms. The molecule has 0 amide bonds. The summed E-state index contributed by atoms with van der Waals surface area (Å²) in [5, 5.41) is 0. The number of morpholine rings is 1. The van der Waals surface area contributed by atoms with E-state index in [-0.39, 0.29) is 18.2 Å². The van der Waals surface area contributed by atoms with E-state index in [0.717, 1.165) is 52.0 Å². The molecule has 4 N–H and O–H groups in total. The molecule has 2 rings (SSSR count). The molecule has 2 fully saturated rings. The van der Waals surface area contributed by atoms with Crippen LogP contribution in [0.15, 0.2) is 16.4 Å². The molecule has 1 heterocycles. The van der Waals surface area contributed by atoms with Gasteiger partial charge in [0.25, 0.3) is 5.92 Å². The Labute approximate surface area is 136 Å². The van der Waals surface area contributed by atoms with Crippen molar-refractivity contribution in [3.05, 3.63) is 11.4 Å². The van der Waals surface area contributed by atoms with Gasteiger partial charge in [0.1, 0.15) is 5.70 Å². The maximum Gasteiger partial charge on any atom is 0.288 e. The van der Waals surface area contributed by atoms with E-state index in [1.165, 1.54) is 13.1 Å². The van der Waals surface area contributed by atoms with Crippen molar-refractivity contribution in [1.29, 1.82) is 0 Å². The standard InChI is InChI=1S/C16H28F2N4O/c1-2-16(17,18)15(20)14(19)11-21-12-3-5-13(6-4-12)22-7-9-23-10-8-22/h11-13H,2-10,19-20H2,1H3. The average molecular weight is 330 g/mol. The van der Waals surface area contributed by atoms with Gasteiger partial charge in [0.15, 0.2) is 0 Å². The van der Waals surface area contributed by atoms with Crippen LogP contribution in [0.2, 0.25) is 0 Å². The fourth-order valence-electron chi connectivity index (χ4n) is 3.17. The van der Waals surface area contributed by atoms with E-state index in [9.17, 15) is 8.78 Å². The molecule has 2 aliphatic rings. The normalized spacial score (nSPS) is 28.8. The zero-order chi connectivity index (χ0) is 16.9. The summed E-state index contributed by atoms with van der Waals surface area (Å²) in [6.07, 6.45) is 5.01. The van der Waals surface area contributed by atoms with Crippen LogP contribution in [-0.4, -0.2) is 55.4 Å². The maximum atomic E-state index is 13.5. The molecule has 0 aromatic rings. The molecule has 0 aromatic carbocycles. The van der Waals surface area contributed by atoms with Crippen LogP contribution in [-0.2, 0) is 4.74 Å². The van der Waals surface area contributed by atoms with Gasteiger partial charge in [-0.05, 0) is 25.7 Å². The molecule has 0 atom stereocenters. The van der Waals surface area contributed by atoms with Crippen LogP contribution in [0.1, 0.15) is 39.0 Å². The Bertz CT molecular complexity index is 439. The first-order chi connectivity index (χ1) is 10.9. The number of rotatable bonds is 5. The smallest absolute Gasteiger partial charge is 0.288 e. The van der Waals surface area contributed by atoms with Crippen LogP contribution in [0, 0.1) is 0 Å². The second-order valence-electron chi connectivity index (χ2n) is 6.32. The Hall–Kier alpha value is -1.21. The van der Waals surface area contributed by atoms with Gasteiger partial charge < -0.3 is 16.2 Å². The third kappa shape index (κ3) is 4.88. The quantitative estimate of drug-likeness (QED) is 0.755. The van der Waals surface area contributed by atoms with Gasteiger partial charge >= 0.3 is 0 Å². The minimum atomic E-state index is -3.07. The summed E-state index contributed by atoms with van der Waals surface area (Å²) >= 11 is 0. The lowest BCUT2D eigenvalue weighted by Gasteiger charge is -2.38. The second-order valence-corrected chi connectivity index (χ2v) is 6.32. The molecule has 0 radical (unpaired) electrons. The predicted molar refractivity (Wildman–Crippen MR) is 87.6 cm³/mol. The predicted octanol–water partition coefficient (Wildman–Crippen LogP) is 1.87. The molecule has 1 aliphatic heterocycles. The number of alkyl halides is 2. The topological polar surface area (TPSA) is 76.9 Å². The van der Waals surface area contributed by atoms with E-state index in [1.807, 2.05) is 0 Å². The molecule has 1 saturated heterocycles. The largest absolute Gasteiger partial charge is 0.396 e. The number of halogens is 2. The van der Waals surface area contributed by atoms with E-state index in [0.29, 0.717) is 6.04 Å². The summed E-state index contributed by atoms with van der Waals surface area (Å²) in [5.74, 6) is -3.07. The lowest BCUT2D eigenvalue weighted by atomic mass is 9.90. The highest BCUT2D eigenvalue weighted by atomic mass is 19.3. The van der Waals surface area contributed by atoms with Crippen molar-refractivity contribution < 1.29 is 13.5 Å². The van der Waals surface area contributed by atoms with Gasteiger partial charge in [-0.15, -0.1) is 0 Å². The maximum absolute atomic E-state index is 13.5. The number of hydrogen-bond donors (Lipinski definition) is 2. The van der Waals surface area contributed by atoms with Crippen molar-refractivity contribution >= 4 is 6.21 Å². The summed E-state index contributed by atoms with van der Waals surface area (Å²) in [7, 11) is 0. The molecule has 23 heavy (non-hydrogen) atoms. The summed E-state index contributed by atoms with van der Waals surface area (Å²) in [5.41, 5.74) is 10.4. The minimum absolute atomic E-state index is 0.118. The van der Waals surface area contributed by atoms with Gasteiger partial charge in [0.2, 0.25) is 0 Å². The van der Waals surface area contributed by atoms with Crippen LogP contribution >= 0.6 is 0 Å². The van der Waals surface area contributed by atoms with Crippen molar-refractivity contribution in [2.45, 2.75) is 57.0 Å². The Morgan fingerprint density at radius 2 is 1.83 bits per heavy atom. The first kappa shape index (κ1) is 18.1. The molecule has 1 saturated carbocycles. The van der Waals surface area contributed by atoms with Gasteiger partial charge in [-0.1, -0.05) is 6.92 Å². The molecule has 132 valence electrons. The molecule has 0 unspecified atom stereocenters. The van der Waals surface area contributed by atoms with E-state index < -0.39 is 11.6 Å². The van der Waals surface area contributed by atoms with Crippen molar-refractivity contribution in [3.8, 4) is 0 Å². The molecule has 5 nitrogen and oxygen atoms in total. The van der Waals surface area contributed by atoms with Crippen LogP contribution in [0.3, 0.4) is 0 Å². The second kappa shape index (κ2) is 8.06. The van der Waals surface area contributed by atoms with Crippen molar-refractivity contribution in [1.82, 2.24) is 4.90 Å². The highest BCUT2D eigenvalue weighted by Crippen LogP contribution is 2.27. The summed E-state index contributed by atoms with van der Waals surface area (Å²) in [6, 6.07) is 0.738. The van der Waals surface area contributed by atoms with Crippen LogP contribution in [0.25, 0.3) is 0 Å². The summed E-state index contributed by atoms with van der Waals surface area (Å²) in [6.45, 7) is 4.99. The van der Waals surface area contributed by atoms with Crippen molar-refractivity contribution in [2.24, 2.45) is 16.5 Å². The third-order valence-corrected chi connectivity index (χ3v) is 4.80. The van der Waals surface area contributed by atoms with E-state index >= 15 is 0 Å². The number of ether oxygens (including phenoxy) is 1. The molecule has 0 spiro atoms. The van der Waals surface area contributed by atoms with E-state index in [4.69, 9.17) is 16.2 Å². The van der Waals surface area contributed by atoms with Gasteiger partial charge in [-0.2, -0.15) is 8.78 Å². The summed E-state index contributed by atoms with van der Waals surface area (Å²) in [4.78, 5) is 6.85. The number of hydrogen-bond acceptors (Lipinski definition) is 5. The Balaban J connectivity index is 1.84. The lowest BCUT2D eigenvalue weighted by molar-refractivity contribution is 0.00755. The number of aliphatic imine (C=N–C) groups is 1. The summed E-state index contributed by atoms with van der Waals surface area (Å²) < 4.78 is 32.3. The molecular formula is C16H28F2N4O. The number of allylic oxidation sites excluding steroid dienone is 2. The minimum Gasteiger partial charge on any atom is -0.396 e. The fourth-order valence-corrected chi connectivity index (χ4v) is 3.17. The van der Waals surface area contributed by atoms with Crippen LogP contribution in [0.4, 0.5) is 8.78 Å². The molecular weight excluding hydrogens is 302 g/mol. The van der Waals surface area contributed by atoms with Gasteiger partial charge in [-0.3, -0.25) is 9.89 Å². The average Bonchev–Trinajstić information content (AvgIpc) is 2.60. The Kier molecular flexibility index (Phi) is 6.35. The van der Waals surface area contributed by atoms with Crippen LogP contribution < -0.4 is 11.5 Å². The highest BCUT2D eigenvalue weighted by Gasteiger charge is 2.32. The van der Waals surface area contributed by atoms with Crippen molar-refractivity contribution in [2.75, 3.05) is 26.3 Å². The molecule has 0 aromatic heterocycles. The number of nitrogens with two attached hydrogens (primary N) is 2. The van der Waals surface area contributed by atoms with Crippen LogP contribution in [0.5, 0.6) is 0 Å². The lowest BCUT2D eigenvalue weighted by Crippen LogP contribution is -2.45. The first-order valence-corrected chi connectivity index (χ1v) is 8.42. The van der Waals surface area contributed by atoms with Gasteiger partial charge in [0, 0.05) is 31.8 Å². The number of nitrogens with zero attached hydrogens (tertiary/aromatic N) is 2. The van der Waals surface area contributed by atoms with E-state index in [2.05, 4.69) is 9.89 Å². The first-order valence-electron chi connectivity index (χ1n) is 8.42. The SMILES string of the molecule is CCC(F)(F)C(N)=C(N)C=NC1CCC(N2CCOCC2)CC1. The third-order valence-electron chi connectivity index (χ3n) is 4.80. The van der Waals surface area contributed by atoms with Crippen molar-refractivity contribution in [3.63, 3.8) is 0 Å². The Morgan fingerprint density at radius 1 is 1.22 bits per heavy atom.